The lowest BCUT2D eigenvalue weighted by atomic mass is 10.1. The summed E-state index contributed by atoms with van der Waals surface area (Å²) in [7, 11) is 0. The highest BCUT2D eigenvalue weighted by Crippen LogP contribution is 2.11. The molecule has 1 rings (SSSR count). The molecule has 0 spiro atoms. The molecule has 0 fully saturated rings. The van der Waals surface area contributed by atoms with Gasteiger partial charge in [-0.25, -0.2) is 0 Å². The molecule has 0 radical (unpaired) electrons. The highest BCUT2D eigenvalue weighted by molar-refractivity contribution is 5.66. The van der Waals surface area contributed by atoms with Crippen molar-refractivity contribution < 1.29 is 0 Å². The van der Waals surface area contributed by atoms with E-state index in [-0.39, 0.29) is 0 Å². The molecule has 0 saturated heterocycles. The third-order valence-corrected chi connectivity index (χ3v) is 1.71. The van der Waals surface area contributed by atoms with Crippen LogP contribution in [0.2, 0.25) is 0 Å². The third-order valence-electron chi connectivity index (χ3n) is 1.71. The van der Waals surface area contributed by atoms with Crippen molar-refractivity contribution in [3.63, 3.8) is 0 Å². The van der Waals surface area contributed by atoms with Gasteiger partial charge in [0.15, 0.2) is 0 Å². The summed E-state index contributed by atoms with van der Waals surface area (Å²) in [5.74, 6) is 0. The van der Waals surface area contributed by atoms with Crippen LogP contribution < -0.4 is 5.73 Å². The maximum atomic E-state index is 5.55. The van der Waals surface area contributed by atoms with Crippen molar-refractivity contribution in [3.8, 4) is 0 Å². The summed E-state index contributed by atoms with van der Waals surface area (Å²) >= 11 is 0. The first kappa shape index (κ1) is 8.02. The highest BCUT2D eigenvalue weighted by atomic mass is 14.5. The quantitative estimate of drug-likeness (QED) is 0.680. The molecule has 1 aromatic carbocycles. The van der Waals surface area contributed by atoms with Gasteiger partial charge in [-0.2, -0.15) is 0 Å². The molecule has 2 N–H and O–H groups in total. The van der Waals surface area contributed by atoms with Crippen molar-refractivity contribution in [1.82, 2.24) is 0 Å². The molecule has 1 heteroatoms. The Bertz CT molecular complexity index is 236. The SMILES string of the molecule is C/C=C(\CN)c1ccccc1. The van der Waals surface area contributed by atoms with Gasteiger partial charge in [0.25, 0.3) is 0 Å². The van der Waals surface area contributed by atoms with E-state index in [0.717, 1.165) is 0 Å². The fourth-order valence-corrected chi connectivity index (χ4v) is 1.05. The summed E-state index contributed by atoms with van der Waals surface area (Å²) in [6, 6.07) is 10.2. The van der Waals surface area contributed by atoms with Gasteiger partial charge in [-0.3, -0.25) is 0 Å². The molecule has 0 aliphatic carbocycles. The van der Waals surface area contributed by atoms with E-state index in [1.807, 2.05) is 25.1 Å². The molecule has 1 aromatic rings. The van der Waals surface area contributed by atoms with E-state index in [1.54, 1.807) is 0 Å². The summed E-state index contributed by atoms with van der Waals surface area (Å²) in [5, 5.41) is 0. The number of rotatable bonds is 2. The predicted molar refractivity (Wildman–Crippen MR) is 49.1 cm³/mol. The molecule has 0 amide bonds. The van der Waals surface area contributed by atoms with Crippen LogP contribution in [0, 0.1) is 0 Å². The molecule has 0 bridgehead atoms. The second-order valence-corrected chi connectivity index (χ2v) is 2.38. The van der Waals surface area contributed by atoms with Crippen LogP contribution >= 0.6 is 0 Å². The molecule has 0 heterocycles. The molecule has 0 atom stereocenters. The van der Waals surface area contributed by atoms with Gasteiger partial charge in [0, 0.05) is 6.54 Å². The zero-order valence-corrected chi connectivity index (χ0v) is 6.75. The van der Waals surface area contributed by atoms with Crippen molar-refractivity contribution in [2.75, 3.05) is 6.54 Å². The highest BCUT2D eigenvalue weighted by Gasteiger charge is 1.94. The average Bonchev–Trinajstić information content (AvgIpc) is 2.09. The van der Waals surface area contributed by atoms with Crippen molar-refractivity contribution in [1.29, 1.82) is 0 Å². The van der Waals surface area contributed by atoms with Crippen molar-refractivity contribution in [2.45, 2.75) is 6.92 Å². The first-order chi connectivity index (χ1) is 5.38. The average molecular weight is 147 g/mol. The van der Waals surface area contributed by atoms with E-state index in [9.17, 15) is 0 Å². The predicted octanol–water partition coefficient (Wildman–Crippen LogP) is 2.05. The molecular weight excluding hydrogens is 134 g/mol. The Morgan fingerprint density at radius 1 is 1.36 bits per heavy atom. The number of allylic oxidation sites excluding steroid dienone is 1. The van der Waals surface area contributed by atoms with E-state index in [1.165, 1.54) is 11.1 Å². The van der Waals surface area contributed by atoms with Gasteiger partial charge in [-0.05, 0) is 18.1 Å². The van der Waals surface area contributed by atoms with Crippen molar-refractivity contribution in [2.24, 2.45) is 5.73 Å². The summed E-state index contributed by atoms with van der Waals surface area (Å²) in [4.78, 5) is 0. The number of hydrogen-bond acceptors (Lipinski definition) is 1. The zero-order chi connectivity index (χ0) is 8.10. The molecule has 0 aliphatic heterocycles. The normalized spacial score (nSPS) is 11.6. The molecule has 0 unspecified atom stereocenters. The Hall–Kier alpha value is -1.08. The number of benzene rings is 1. The van der Waals surface area contributed by atoms with Gasteiger partial charge in [0.2, 0.25) is 0 Å². The Balaban J connectivity index is 2.92. The van der Waals surface area contributed by atoms with Crippen LogP contribution in [-0.4, -0.2) is 6.54 Å². The lowest BCUT2D eigenvalue weighted by Crippen LogP contribution is -2.01. The second kappa shape index (κ2) is 3.94. The van der Waals surface area contributed by atoms with Crippen molar-refractivity contribution >= 4 is 5.57 Å². The van der Waals surface area contributed by atoms with E-state index in [4.69, 9.17) is 5.73 Å². The molecule has 58 valence electrons. The van der Waals surface area contributed by atoms with E-state index in [0.29, 0.717) is 6.54 Å². The van der Waals surface area contributed by atoms with Crippen LogP contribution in [0.3, 0.4) is 0 Å². The van der Waals surface area contributed by atoms with Gasteiger partial charge in [0.05, 0.1) is 0 Å². The lowest BCUT2D eigenvalue weighted by molar-refractivity contribution is 1.26. The van der Waals surface area contributed by atoms with E-state index in [2.05, 4.69) is 18.2 Å². The lowest BCUT2D eigenvalue weighted by Gasteiger charge is -2.01. The second-order valence-electron chi connectivity index (χ2n) is 2.38. The third kappa shape index (κ3) is 1.92. The fourth-order valence-electron chi connectivity index (χ4n) is 1.05. The molecule has 0 aromatic heterocycles. The van der Waals surface area contributed by atoms with Crippen molar-refractivity contribution in [3.05, 3.63) is 42.0 Å². The maximum absolute atomic E-state index is 5.55. The number of hydrogen-bond donors (Lipinski definition) is 1. The molecule has 11 heavy (non-hydrogen) atoms. The summed E-state index contributed by atoms with van der Waals surface area (Å²) in [6.45, 7) is 2.62. The van der Waals surface area contributed by atoms with Crippen LogP contribution in [-0.2, 0) is 0 Å². The van der Waals surface area contributed by atoms with Gasteiger partial charge < -0.3 is 5.73 Å². The van der Waals surface area contributed by atoms with Gasteiger partial charge in [0.1, 0.15) is 0 Å². The summed E-state index contributed by atoms with van der Waals surface area (Å²) in [6.07, 6.45) is 2.05. The van der Waals surface area contributed by atoms with Crippen LogP contribution in [0.5, 0.6) is 0 Å². The van der Waals surface area contributed by atoms with E-state index >= 15 is 0 Å². The summed E-state index contributed by atoms with van der Waals surface area (Å²) in [5.41, 5.74) is 7.97. The topological polar surface area (TPSA) is 26.0 Å². The first-order valence-electron chi connectivity index (χ1n) is 3.79. The van der Waals surface area contributed by atoms with Gasteiger partial charge in [-0.15, -0.1) is 0 Å². The number of nitrogens with two attached hydrogens (primary N) is 1. The Morgan fingerprint density at radius 2 is 2.00 bits per heavy atom. The van der Waals surface area contributed by atoms with Crippen LogP contribution in [0.4, 0.5) is 0 Å². The fraction of sp³-hybridized carbons (Fsp3) is 0.200. The van der Waals surface area contributed by atoms with E-state index < -0.39 is 0 Å². The Morgan fingerprint density at radius 3 is 2.45 bits per heavy atom. The summed E-state index contributed by atoms with van der Waals surface area (Å²) < 4.78 is 0. The molecular formula is C10H13N. The molecule has 1 nitrogen and oxygen atoms in total. The van der Waals surface area contributed by atoms with Gasteiger partial charge in [-0.1, -0.05) is 36.4 Å². The largest absolute Gasteiger partial charge is 0.326 e. The Kier molecular flexibility index (Phi) is 2.87. The maximum Gasteiger partial charge on any atom is 0.0180 e. The Labute approximate surface area is 67.5 Å². The minimum atomic E-state index is 0.612. The van der Waals surface area contributed by atoms with Crippen LogP contribution in [0.25, 0.3) is 5.57 Å². The van der Waals surface area contributed by atoms with Gasteiger partial charge >= 0.3 is 0 Å². The van der Waals surface area contributed by atoms with Crippen LogP contribution in [0.15, 0.2) is 36.4 Å². The smallest absolute Gasteiger partial charge is 0.0180 e. The van der Waals surface area contributed by atoms with Crippen LogP contribution in [0.1, 0.15) is 12.5 Å². The first-order valence-corrected chi connectivity index (χ1v) is 3.79. The minimum Gasteiger partial charge on any atom is -0.326 e. The standard InChI is InChI=1S/C10H13N/c1-2-9(8-11)10-6-4-3-5-7-10/h2-7H,8,11H2,1H3/b9-2+. The molecule has 0 aliphatic rings. The molecule has 0 saturated carbocycles. The monoisotopic (exact) mass is 147 g/mol. The zero-order valence-electron chi connectivity index (χ0n) is 6.75. The minimum absolute atomic E-state index is 0.612.